The Morgan fingerprint density at radius 3 is 2.29 bits per heavy atom. The van der Waals surface area contributed by atoms with Gasteiger partial charge in [0.05, 0.1) is 0 Å². The Kier molecular flexibility index (Phi) is 8.20. The van der Waals surface area contributed by atoms with Crippen molar-refractivity contribution in [1.82, 2.24) is 0 Å². The van der Waals surface area contributed by atoms with Gasteiger partial charge in [-0.3, -0.25) is 0 Å². The van der Waals surface area contributed by atoms with Crippen LogP contribution in [0.2, 0.25) is 0 Å². The topological polar surface area (TPSA) is 29.5 Å². The van der Waals surface area contributed by atoms with Crippen LogP contribution < -0.4 is 20.8 Å². The summed E-state index contributed by atoms with van der Waals surface area (Å²) in [5, 5.41) is 12.3. The van der Waals surface area contributed by atoms with Crippen molar-refractivity contribution >= 4 is 48.5 Å². The van der Waals surface area contributed by atoms with Gasteiger partial charge < -0.3 is 9.84 Å². The van der Waals surface area contributed by atoms with Crippen molar-refractivity contribution in [2.24, 2.45) is 0 Å². The van der Waals surface area contributed by atoms with Gasteiger partial charge in [0.25, 0.3) is 0 Å². The van der Waals surface area contributed by atoms with Crippen LogP contribution in [0, 0.1) is 5.82 Å². The lowest BCUT2D eigenvalue weighted by molar-refractivity contribution is 0.443. The Hall–Kier alpha value is -2.15. The number of phenolic OH excluding ortho intramolecular Hbond substituents is 1. The molecule has 0 fully saturated rings. The smallest absolute Gasteiger partial charge is 0.172 e. The highest BCUT2D eigenvalue weighted by atomic mass is 31.0. The van der Waals surface area contributed by atoms with E-state index < -0.39 is 0 Å². The number of ether oxygens (including phenoxy) is 1. The molecule has 0 saturated heterocycles. The zero-order valence-electron chi connectivity index (χ0n) is 21.8. The summed E-state index contributed by atoms with van der Waals surface area (Å²) in [5.41, 5.74) is 4.37. The predicted octanol–water partition coefficient (Wildman–Crippen LogP) is 5.43. The molecule has 0 aliphatic heterocycles. The highest BCUT2D eigenvalue weighted by Gasteiger charge is 2.24. The summed E-state index contributed by atoms with van der Waals surface area (Å²) in [7, 11) is 6.83. The van der Waals surface area contributed by atoms with Crippen LogP contribution in [0.3, 0.4) is 0 Å². The van der Waals surface area contributed by atoms with Crippen molar-refractivity contribution in [2.75, 3.05) is 0 Å². The lowest BCUT2D eigenvalue weighted by Gasteiger charge is -2.27. The number of hydrogen-bond acceptors (Lipinski definition) is 2. The molecular formula is C29H36BFO2P2. The normalized spacial score (nSPS) is 12.4. The van der Waals surface area contributed by atoms with Crippen LogP contribution in [0.5, 0.6) is 17.2 Å². The van der Waals surface area contributed by atoms with Crippen molar-refractivity contribution in [3.05, 3.63) is 76.6 Å². The van der Waals surface area contributed by atoms with Gasteiger partial charge >= 0.3 is 0 Å². The molecule has 0 radical (unpaired) electrons. The molecule has 1 N–H and O–H groups in total. The van der Waals surface area contributed by atoms with Crippen molar-refractivity contribution in [3.8, 4) is 17.2 Å². The van der Waals surface area contributed by atoms with Crippen molar-refractivity contribution in [1.29, 1.82) is 0 Å². The summed E-state index contributed by atoms with van der Waals surface area (Å²) < 4.78 is 21.0. The molecule has 0 amide bonds. The molecule has 0 bridgehead atoms. The number of benzene rings is 3. The van der Waals surface area contributed by atoms with Gasteiger partial charge in [-0.2, -0.15) is 0 Å². The largest absolute Gasteiger partial charge is 0.507 e. The summed E-state index contributed by atoms with van der Waals surface area (Å²) in [6, 6.07) is 13.7. The van der Waals surface area contributed by atoms with Gasteiger partial charge in [0, 0.05) is 16.4 Å². The highest BCUT2D eigenvalue weighted by molar-refractivity contribution is 7.35. The average molecular weight is 508 g/mol. The van der Waals surface area contributed by atoms with Gasteiger partial charge in [-0.15, -0.1) is 18.5 Å². The summed E-state index contributed by atoms with van der Waals surface area (Å²) in [6.45, 7) is 12.9. The van der Waals surface area contributed by atoms with Gasteiger partial charge in [0.2, 0.25) is 0 Å². The lowest BCUT2D eigenvalue weighted by atomic mass is 9.79. The molecule has 184 valence electrons. The second kappa shape index (κ2) is 10.5. The fourth-order valence-corrected chi connectivity index (χ4v) is 4.50. The first-order chi connectivity index (χ1) is 16.2. The number of rotatable bonds is 5. The molecule has 0 aliphatic rings. The van der Waals surface area contributed by atoms with Gasteiger partial charge in [-0.25, -0.2) is 4.39 Å². The molecule has 0 saturated carbocycles. The Balaban J connectivity index is 1.95. The molecule has 0 heterocycles. The Morgan fingerprint density at radius 2 is 1.66 bits per heavy atom. The monoisotopic (exact) mass is 508 g/mol. The van der Waals surface area contributed by atoms with Gasteiger partial charge in [-0.05, 0) is 51.3 Å². The van der Waals surface area contributed by atoms with E-state index in [1.165, 1.54) is 5.56 Å². The summed E-state index contributed by atoms with van der Waals surface area (Å²) in [6.07, 6.45) is 4.56. The Labute approximate surface area is 215 Å². The first-order valence-corrected chi connectivity index (χ1v) is 13.0. The quantitative estimate of drug-likeness (QED) is 0.368. The number of aromatic hydroxyl groups is 1. The molecule has 3 aromatic carbocycles. The molecule has 3 rings (SSSR count). The third kappa shape index (κ3) is 6.35. The molecule has 2 unspecified atom stereocenters. The molecule has 2 nitrogen and oxygen atoms in total. The fraction of sp³-hybridized carbons (Fsp3) is 0.310. The molecular weight excluding hydrogens is 472 g/mol. The standard InChI is InChI=1S/C29H36BFO2P2/c1-28(2,3)19-14-18(25(32)20(15-19)29(4,5)6)12-9-11-17-10-7-8-13-22(17)33-26-21(30)16-23(34)27(35)24(26)31/h7-10,12-16,32H,11,30,34-35H2,1-6H3/b12-9+. The van der Waals surface area contributed by atoms with E-state index in [0.29, 0.717) is 23.2 Å². The summed E-state index contributed by atoms with van der Waals surface area (Å²) in [5.74, 6) is 0.796. The number of phenols is 1. The highest BCUT2D eigenvalue weighted by Crippen LogP contribution is 2.38. The Morgan fingerprint density at radius 1 is 1.00 bits per heavy atom. The minimum Gasteiger partial charge on any atom is -0.507 e. The molecule has 0 aromatic heterocycles. The maximum Gasteiger partial charge on any atom is 0.172 e. The van der Waals surface area contributed by atoms with Crippen LogP contribution >= 0.6 is 18.5 Å². The second-order valence-electron chi connectivity index (χ2n) is 11.1. The van der Waals surface area contributed by atoms with Crippen LogP contribution in [0.25, 0.3) is 6.08 Å². The van der Waals surface area contributed by atoms with Gasteiger partial charge in [0.1, 0.15) is 19.3 Å². The van der Waals surface area contributed by atoms with Crippen molar-refractivity contribution in [2.45, 2.75) is 58.8 Å². The zero-order valence-corrected chi connectivity index (χ0v) is 24.1. The fourth-order valence-electron chi connectivity index (χ4n) is 3.91. The van der Waals surface area contributed by atoms with E-state index >= 15 is 0 Å². The van der Waals surface area contributed by atoms with E-state index in [1.54, 1.807) is 0 Å². The van der Waals surface area contributed by atoms with Gasteiger partial charge in [0.15, 0.2) is 11.6 Å². The molecule has 0 aliphatic carbocycles. The zero-order chi connectivity index (χ0) is 26.1. The molecule has 35 heavy (non-hydrogen) atoms. The first kappa shape index (κ1) is 27.4. The third-order valence-corrected chi connectivity index (χ3v) is 7.51. The molecule has 0 spiro atoms. The lowest BCUT2D eigenvalue weighted by Crippen LogP contribution is -2.24. The summed E-state index contributed by atoms with van der Waals surface area (Å²) in [4.78, 5) is 0. The van der Waals surface area contributed by atoms with Crippen LogP contribution in [-0.4, -0.2) is 13.0 Å². The van der Waals surface area contributed by atoms with E-state index in [0.717, 1.165) is 27.5 Å². The van der Waals surface area contributed by atoms with Gasteiger partial charge in [-0.1, -0.05) is 84.0 Å². The Bertz CT molecular complexity index is 1270. The molecule has 6 heteroatoms. The predicted molar refractivity (Wildman–Crippen MR) is 158 cm³/mol. The van der Waals surface area contributed by atoms with E-state index in [9.17, 15) is 9.50 Å². The van der Waals surface area contributed by atoms with E-state index in [4.69, 9.17) is 4.74 Å². The number of halogens is 1. The van der Waals surface area contributed by atoms with Crippen LogP contribution in [0.1, 0.15) is 63.8 Å². The van der Waals surface area contributed by atoms with Crippen LogP contribution in [-0.2, 0) is 17.3 Å². The van der Waals surface area contributed by atoms with E-state index in [2.05, 4.69) is 72.2 Å². The molecule has 3 aromatic rings. The maximum atomic E-state index is 14.9. The number of para-hydroxylation sites is 1. The van der Waals surface area contributed by atoms with E-state index in [-0.39, 0.29) is 22.4 Å². The summed E-state index contributed by atoms with van der Waals surface area (Å²) >= 11 is 0. The van der Waals surface area contributed by atoms with Crippen LogP contribution in [0.15, 0.2) is 48.5 Å². The minimum atomic E-state index is -0.371. The van der Waals surface area contributed by atoms with E-state index in [1.807, 2.05) is 50.3 Å². The SMILES string of the molecule is Bc1cc(P)c(P)c(F)c1Oc1ccccc1C/C=C/c1cc(C(C)(C)C)cc(C(C)(C)C)c1O. The third-order valence-electron chi connectivity index (χ3n) is 6.11. The van der Waals surface area contributed by atoms with Crippen molar-refractivity contribution < 1.29 is 14.2 Å². The molecule has 2 atom stereocenters. The second-order valence-corrected chi connectivity index (χ2v) is 12.3. The number of allylic oxidation sites excluding steroid dienone is 1. The van der Waals surface area contributed by atoms with Crippen molar-refractivity contribution in [3.63, 3.8) is 0 Å². The minimum absolute atomic E-state index is 0.0401. The average Bonchev–Trinajstić information content (AvgIpc) is 2.75. The number of hydrogen-bond donors (Lipinski definition) is 1. The van der Waals surface area contributed by atoms with Crippen LogP contribution in [0.4, 0.5) is 4.39 Å². The first-order valence-electron chi connectivity index (χ1n) is 11.8. The maximum absolute atomic E-state index is 14.9.